The fourth-order valence-corrected chi connectivity index (χ4v) is 2.92. The first-order valence-corrected chi connectivity index (χ1v) is 7.14. The molecular weight excluding hydrogens is 252 g/mol. The number of nitrogens with one attached hydrogen (secondary N) is 2. The topological polar surface area (TPSA) is 50.4 Å². The quantitative estimate of drug-likeness (QED) is 0.813. The Labute approximate surface area is 119 Å². The number of amides is 1. The highest BCUT2D eigenvalue weighted by atomic mass is 16.5. The monoisotopic (exact) mass is 272 g/mol. The van der Waals surface area contributed by atoms with Gasteiger partial charge in [-0.2, -0.15) is 0 Å². The molecule has 1 aromatic carbocycles. The third kappa shape index (κ3) is 2.56. The molecule has 1 atom stereocenters. The van der Waals surface area contributed by atoms with Crippen LogP contribution in [0.15, 0.2) is 24.3 Å². The van der Waals surface area contributed by atoms with E-state index in [-0.39, 0.29) is 11.9 Å². The molecule has 0 saturated heterocycles. The van der Waals surface area contributed by atoms with Gasteiger partial charge in [0.2, 0.25) is 5.91 Å². The Balaban J connectivity index is 1.70. The lowest BCUT2D eigenvalue weighted by Gasteiger charge is -2.14. The van der Waals surface area contributed by atoms with Crippen LogP contribution in [0.1, 0.15) is 23.1 Å². The van der Waals surface area contributed by atoms with Crippen LogP contribution in [0.25, 0.3) is 0 Å². The van der Waals surface area contributed by atoms with Crippen molar-refractivity contribution in [3.63, 3.8) is 0 Å². The van der Waals surface area contributed by atoms with Crippen LogP contribution in [0.2, 0.25) is 0 Å². The second kappa shape index (κ2) is 5.67. The summed E-state index contributed by atoms with van der Waals surface area (Å²) in [5.41, 5.74) is 3.84. The van der Waals surface area contributed by atoms with E-state index in [1.807, 2.05) is 12.2 Å². The zero-order valence-electron chi connectivity index (χ0n) is 11.7. The van der Waals surface area contributed by atoms with Gasteiger partial charge >= 0.3 is 0 Å². The van der Waals surface area contributed by atoms with E-state index >= 15 is 0 Å². The van der Waals surface area contributed by atoms with Crippen molar-refractivity contribution >= 4 is 5.91 Å². The van der Waals surface area contributed by atoms with Crippen molar-refractivity contribution in [2.24, 2.45) is 0 Å². The molecule has 1 aromatic rings. The van der Waals surface area contributed by atoms with Gasteiger partial charge in [0.15, 0.2) is 0 Å². The Kier molecular flexibility index (Phi) is 3.74. The number of benzene rings is 1. The summed E-state index contributed by atoms with van der Waals surface area (Å²) in [4.78, 5) is 12.0. The van der Waals surface area contributed by atoms with Gasteiger partial charge in [-0.3, -0.25) is 10.1 Å². The maximum absolute atomic E-state index is 12.0. The van der Waals surface area contributed by atoms with Crippen LogP contribution in [-0.2, 0) is 24.2 Å². The molecule has 106 valence electrons. The van der Waals surface area contributed by atoms with Crippen LogP contribution in [0, 0.1) is 0 Å². The fraction of sp³-hybridized carbons (Fsp3) is 0.438. The first kappa shape index (κ1) is 13.2. The van der Waals surface area contributed by atoms with Crippen LogP contribution < -0.4 is 15.4 Å². The zero-order valence-corrected chi connectivity index (χ0v) is 11.7. The first-order valence-electron chi connectivity index (χ1n) is 7.14. The van der Waals surface area contributed by atoms with Gasteiger partial charge in [-0.25, -0.2) is 0 Å². The first-order chi connectivity index (χ1) is 9.78. The number of carbonyl (C=O) groups excluding carboxylic acids is 1. The van der Waals surface area contributed by atoms with Crippen LogP contribution in [-0.4, -0.2) is 25.6 Å². The molecule has 4 nitrogen and oxygen atoms in total. The van der Waals surface area contributed by atoms with E-state index in [9.17, 15) is 4.79 Å². The van der Waals surface area contributed by atoms with Gasteiger partial charge in [0.05, 0.1) is 7.11 Å². The normalized spacial score (nSPS) is 19.9. The Morgan fingerprint density at radius 2 is 2.20 bits per heavy atom. The zero-order chi connectivity index (χ0) is 13.9. The van der Waals surface area contributed by atoms with Gasteiger partial charge in [0.25, 0.3) is 0 Å². The van der Waals surface area contributed by atoms with Crippen molar-refractivity contribution in [2.75, 3.05) is 13.7 Å². The summed E-state index contributed by atoms with van der Waals surface area (Å²) >= 11 is 0. The van der Waals surface area contributed by atoms with E-state index < -0.39 is 0 Å². The molecule has 2 aliphatic rings. The summed E-state index contributed by atoms with van der Waals surface area (Å²) in [6, 6.07) is 4.10. The minimum absolute atomic E-state index is 0.0151. The highest BCUT2D eigenvalue weighted by molar-refractivity contribution is 5.84. The number of methoxy groups -OCH3 is 1. The molecule has 1 heterocycles. The number of hydrogen-bond donors (Lipinski definition) is 2. The lowest BCUT2D eigenvalue weighted by Crippen LogP contribution is -2.40. The van der Waals surface area contributed by atoms with Gasteiger partial charge in [-0.1, -0.05) is 18.2 Å². The Morgan fingerprint density at radius 1 is 1.40 bits per heavy atom. The number of hydrogen-bond acceptors (Lipinski definition) is 3. The average Bonchev–Trinajstić information content (AvgIpc) is 3.13. The lowest BCUT2D eigenvalue weighted by atomic mass is 10.0. The van der Waals surface area contributed by atoms with Crippen molar-refractivity contribution in [3.05, 3.63) is 41.0 Å². The molecule has 20 heavy (non-hydrogen) atoms. The standard InChI is InChI=1S/C16H20N2O2/c1-20-15-9-12-5-2-4-11(12)8-13(15)10-18-16(19)14-6-3-7-17-14/h3,6,8-9,14,17H,2,4-5,7,10H2,1H3,(H,18,19)/t14-/m1/s1. The van der Waals surface area contributed by atoms with E-state index in [4.69, 9.17) is 4.74 Å². The van der Waals surface area contributed by atoms with Gasteiger partial charge in [-0.05, 0) is 36.5 Å². The lowest BCUT2D eigenvalue weighted by molar-refractivity contribution is -0.122. The summed E-state index contributed by atoms with van der Waals surface area (Å²) < 4.78 is 5.45. The van der Waals surface area contributed by atoms with Crippen molar-refractivity contribution in [2.45, 2.75) is 31.8 Å². The summed E-state index contributed by atoms with van der Waals surface area (Å²) in [7, 11) is 1.68. The van der Waals surface area contributed by atoms with E-state index in [1.165, 1.54) is 17.5 Å². The van der Waals surface area contributed by atoms with Gasteiger partial charge < -0.3 is 10.1 Å². The molecule has 1 aliphatic carbocycles. The Morgan fingerprint density at radius 3 is 2.90 bits per heavy atom. The fourth-order valence-electron chi connectivity index (χ4n) is 2.92. The minimum atomic E-state index is -0.199. The molecule has 0 fully saturated rings. The third-order valence-electron chi connectivity index (χ3n) is 4.01. The number of aryl methyl sites for hydroxylation is 2. The van der Waals surface area contributed by atoms with Crippen molar-refractivity contribution in [3.8, 4) is 5.75 Å². The van der Waals surface area contributed by atoms with Crippen molar-refractivity contribution in [1.29, 1.82) is 0 Å². The second-order valence-corrected chi connectivity index (χ2v) is 5.32. The van der Waals surface area contributed by atoms with E-state index in [2.05, 4.69) is 22.8 Å². The Hall–Kier alpha value is -1.81. The molecular formula is C16H20N2O2. The SMILES string of the molecule is COc1cc2c(cc1CNC(=O)[C@H]1C=CCN1)CCC2. The molecule has 4 heteroatoms. The molecule has 0 unspecified atom stereocenters. The maximum atomic E-state index is 12.0. The van der Waals surface area contributed by atoms with Crippen LogP contribution in [0.5, 0.6) is 5.75 Å². The highest BCUT2D eigenvalue weighted by Crippen LogP contribution is 2.29. The van der Waals surface area contributed by atoms with E-state index in [1.54, 1.807) is 7.11 Å². The average molecular weight is 272 g/mol. The van der Waals surface area contributed by atoms with Crippen LogP contribution in [0.3, 0.4) is 0 Å². The predicted molar refractivity (Wildman–Crippen MR) is 77.8 cm³/mol. The van der Waals surface area contributed by atoms with Gasteiger partial charge in [-0.15, -0.1) is 0 Å². The molecule has 3 rings (SSSR count). The summed E-state index contributed by atoms with van der Waals surface area (Å²) in [6.07, 6.45) is 7.35. The maximum Gasteiger partial charge on any atom is 0.241 e. The van der Waals surface area contributed by atoms with Crippen LogP contribution >= 0.6 is 0 Å². The molecule has 2 N–H and O–H groups in total. The molecule has 0 spiro atoms. The summed E-state index contributed by atoms with van der Waals surface area (Å²) in [5.74, 6) is 0.891. The highest BCUT2D eigenvalue weighted by Gasteiger charge is 2.19. The number of carbonyl (C=O) groups is 1. The molecule has 1 amide bonds. The molecule has 0 aromatic heterocycles. The third-order valence-corrected chi connectivity index (χ3v) is 4.01. The molecule has 0 bridgehead atoms. The van der Waals surface area contributed by atoms with Crippen LogP contribution in [0.4, 0.5) is 0 Å². The number of rotatable bonds is 4. The van der Waals surface area contributed by atoms with Gasteiger partial charge in [0, 0.05) is 18.7 Å². The number of ether oxygens (including phenoxy) is 1. The van der Waals surface area contributed by atoms with E-state index in [0.29, 0.717) is 6.54 Å². The largest absolute Gasteiger partial charge is 0.496 e. The molecule has 0 saturated carbocycles. The van der Waals surface area contributed by atoms with Crippen molar-refractivity contribution < 1.29 is 9.53 Å². The van der Waals surface area contributed by atoms with E-state index in [0.717, 1.165) is 30.7 Å². The molecule has 0 radical (unpaired) electrons. The smallest absolute Gasteiger partial charge is 0.241 e. The minimum Gasteiger partial charge on any atom is -0.496 e. The predicted octanol–water partition coefficient (Wildman–Crippen LogP) is 1.33. The number of fused-ring (bicyclic) bond motifs is 1. The second-order valence-electron chi connectivity index (χ2n) is 5.32. The Bertz CT molecular complexity index is 552. The summed E-state index contributed by atoms with van der Waals surface area (Å²) in [6.45, 7) is 1.28. The van der Waals surface area contributed by atoms with Crippen molar-refractivity contribution in [1.82, 2.24) is 10.6 Å². The molecule has 1 aliphatic heterocycles. The summed E-state index contributed by atoms with van der Waals surface area (Å²) in [5, 5.41) is 6.08. The van der Waals surface area contributed by atoms with Gasteiger partial charge in [0.1, 0.15) is 11.8 Å².